The summed E-state index contributed by atoms with van der Waals surface area (Å²) in [6.45, 7) is 5.72. The van der Waals surface area contributed by atoms with Crippen LogP contribution < -0.4 is 5.73 Å². The van der Waals surface area contributed by atoms with E-state index in [-0.39, 0.29) is 12.2 Å². The quantitative estimate of drug-likeness (QED) is 0.379. The first-order valence-electron chi connectivity index (χ1n) is 3.97. The lowest BCUT2D eigenvalue weighted by molar-refractivity contribution is -0.119. The molecule has 0 bridgehead atoms. The summed E-state index contributed by atoms with van der Waals surface area (Å²) in [5.74, 6) is -0.452. The van der Waals surface area contributed by atoms with E-state index in [2.05, 4.69) is 4.79 Å². The number of carbonyl (C=O) groups is 1. The number of rotatable bonds is 4. The Balaban J connectivity index is 3.94. The Morgan fingerprint density at radius 2 is 2.23 bits per heavy atom. The molecule has 0 unspecified atom stereocenters. The molecule has 0 heterocycles. The molecule has 74 valence electrons. The molecule has 0 radical (unpaired) electrons. The second-order valence-corrected chi connectivity index (χ2v) is 3.68. The average molecular weight is 185 g/mol. The van der Waals surface area contributed by atoms with Crippen molar-refractivity contribution in [2.45, 2.75) is 32.4 Å². The highest BCUT2D eigenvalue weighted by Crippen LogP contribution is 2.06. The van der Waals surface area contributed by atoms with Gasteiger partial charge in [-0.15, -0.1) is 0 Å². The molecule has 0 fully saturated rings. The third kappa shape index (κ3) is 6.16. The monoisotopic (exact) mass is 185 g/mol. The third-order valence-electron chi connectivity index (χ3n) is 1.25. The van der Waals surface area contributed by atoms with Gasteiger partial charge in [-0.25, -0.2) is 0 Å². The van der Waals surface area contributed by atoms with Crippen LogP contribution in [0.25, 0.3) is 5.53 Å². The maximum atomic E-state index is 10.9. The molecule has 0 aromatic heterocycles. The van der Waals surface area contributed by atoms with Crippen molar-refractivity contribution < 1.29 is 14.3 Å². The summed E-state index contributed by atoms with van der Waals surface area (Å²) in [5, 5.41) is 0. The molecule has 0 rings (SSSR count). The average Bonchev–Trinajstić information content (AvgIpc) is 1.99. The molecule has 1 atom stereocenters. The molecule has 0 aliphatic heterocycles. The van der Waals surface area contributed by atoms with Crippen molar-refractivity contribution in [1.29, 1.82) is 0 Å². The Morgan fingerprint density at radius 3 is 2.62 bits per heavy atom. The summed E-state index contributed by atoms with van der Waals surface area (Å²) in [7, 11) is 0. The highest BCUT2D eigenvalue weighted by atomic mass is 16.5. The first-order valence-corrected chi connectivity index (χ1v) is 3.97. The van der Waals surface area contributed by atoms with E-state index in [4.69, 9.17) is 16.0 Å². The molecule has 5 nitrogen and oxygen atoms in total. The van der Waals surface area contributed by atoms with Gasteiger partial charge in [-0.05, 0) is 20.8 Å². The van der Waals surface area contributed by atoms with Gasteiger partial charge in [-0.2, -0.15) is 4.79 Å². The van der Waals surface area contributed by atoms with E-state index < -0.39 is 11.8 Å². The minimum atomic E-state index is -0.768. The number of carbonyl (C=O) groups excluding carboxylic acids is 1. The van der Waals surface area contributed by atoms with E-state index in [1.807, 2.05) is 20.8 Å². The van der Waals surface area contributed by atoms with Gasteiger partial charge in [-0.1, -0.05) is 0 Å². The fourth-order valence-corrected chi connectivity index (χ4v) is 0.575. The number of ketones is 1. The molecule has 0 amide bonds. The molecule has 0 saturated heterocycles. The number of hydrogen-bond acceptors (Lipinski definition) is 3. The van der Waals surface area contributed by atoms with Crippen LogP contribution >= 0.6 is 0 Å². The summed E-state index contributed by atoms with van der Waals surface area (Å²) >= 11 is 0. The number of Topliss-reactive ketones (excluding diaryl/α,β-unsaturated/α-hetero) is 1. The van der Waals surface area contributed by atoms with Gasteiger partial charge in [0.15, 0.2) is 0 Å². The van der Waals surface area contributed by atoms with Crippen LogP contribution in [0.15, 0.2) is 0 Å². The number of hydrogen-bond donors (Lipinski definition) is 1. The molecule has 0 saturated carbocycles. The van der Waals surface area contributed by atoms with Crippen molar-refractivity contribution in [1.82, 2.24) is 0 Å². The van der Waals surface area contributed by atoms with Crippen LogP contribution in [0, 0.1) is 0 Å². The lowest BCUT2D eigenvalue weighted by Crippen LogP contribution is -2.39. The van der Waals surface area contributed by atoms with Crippen molar-refractivity contribution in [2.75, 3.05) is 6.61 Å². The molecular weight excluding hydrogens is 170 g/mol. The standard InChI is InChI=1S/C8H15N3O2/c1-8(2,3)13-5-6(9)7(12)4-11-10/h4,6H,5,9H2,1-3H3/t6-/m1/s1. The number of nitrogens with zero attached hydrogens (tertiary/aromatic N) is 2. The van der Waals surface area contributed by atoms with Crippen molar-refractivity contribution in [3.63, 3.8) is 0 Å². The molecule has 0 aromatic rings. The predicted molar refractivity (Wildman–Crippen MR) is 48.4 cm³/mol. The van der Waals surface area contributed by atoms with E-state index in [9.17, 15) is 4.79 Å². The zero-order valence-corrected chi connectivity index (χ0v) is 8.15. The number of nitrogens with two attached hydrogens (primary N) is 1. The molecule has 13 heavy (non-hydrogen) atoms. The van der Waals surface area contributed by atoms with Crippen molar-refractivity contribution in [3.05, 3.63) is 5.53 Å². The van der Waals surface area contributed by atoms with Crippen LogP contribution in [-0.2, 0) is 9.53 Å². The second kappa shape index (κ2) is 4.87. The maximum Gasteiger partial charge on any atom is 0.324 e. The lowest BCUT2D eigenvalue weighted by atomic mass is 10.2. The lowest BCUT2D eigenvalue weighted by Gasteiger charge is -2.20. The molecule has 2 N–H and O–H groups in total. The zero-order chi connectivity index (χ0) is 10.5. The van der Waals surface area contributed by atoms with E-state index in [0.29, 0.717) is 0 Å². The van der Waals surface area contributed by atoms with Gasteiger partial charge in [0.2, 0.25) is 0 Å². The summed E-state index contributed by atoms with van der Waals surface area (Å²) < 4.78 is 5.27. The van der Waals surface area contributed by atoms with E-state index in [0.717, 1.165) is 6.21 Å². The third-order valence-corrected chi connectivity index (χ3v) is 1.25. The first kappa shape index (κ1) is 12.0. The minimum absolute atomic E-state index is 0.119. The Morgan fingerprint density at radius 1 is 1.69 bits per heavy atom. The van der Waals surface area contributed by atoms with E-state index in [1.165, 1.54) is 0 Å². The molecule has 0 aliphatic rings. The molecular formula is C8H15N3O2. The van der Waals surface area contributed by atoms with Crippen molar-refractivity contribution in [3.8, 4) is 0 Å². The summed E-state index contributed by atoms with van der Waals surface area (Å²) in [6, 6.07) is -0.768. The summed E-state index contributed by atoms with van der Waals surface area (Å²) in [6.07, 6.45) is 0.774. The van der Waals surface area contributed by atoms with Gasteiger partial charge < -0.3 is 16.0 Å². The van der Waals surface area contributed by atoms with Crippen molar-refractivity contribution in [2.24, 2.45) is 5.73 Å². The Labute approximate surface area is 77.5 Å². The summed E-state index contributed by atoms with van der Waals surface area (Å²) in [5.41, 5.74) is 13.2. The second-order valence-electron chi connectivity index (χ2n) is 3.68. The maximum absolute atomic E-state index is 10.9. The van der Waals surface area contributed by atoms with Crippen LogP contribution in [0.2, 0.25) is 0 Å². The Kier molecular flexibility index (Phi) is 4.48. The Hall–Kier alpha value is -1.03. The zero-order valence-electron chi connectivity index (χ0n) is 8.15. The molecule has 0 aliphatic carbocycles. The highest BCUT2D eigenvalue weighted by molar-refractivity contribution is 6.27. The van der Waals surface area contributed by atoms with Gasteiger partial charge in [0.1, 0.15) is 0 Å². The SMILES string of the molecule is CC(C)(C)OC[C@@H](N)C(=O)C=[N+]=[N-]. The first-order chi connectivity index (χ1) is 5.87. The summed E-state index contributed by atoms with van der Waals surface area (Å²) in [4.78, 5) is 13.5. The molecule has 5 heteroatoms. The van der Waals surface area contributed by atoms with E-state index >= 15 is 0 Å². The van der Waals surface area contributed by atoms with E-state index in [1.54, 1.807) is 0 Å². The Bertz CT molecular complexity index is 226. The van der Waals surface area contributed by atoms with Crippen LogP contribution in [0.1, 0.15) is 20.8 Å². The van der Waals surface area contributed by atoms with Crippen molar-refractivity contribution >= 4 is 12.0 Å². The minimum Gasteiger partial charge on any atom is -0.374 e. The predicted octanol–water partition coefficient (Wildman–Crippen LogP) is -0.00150. The van der Waals surface area contributed by atoms with Gasteiger partial charge >= 0.3 is 6.21 Å². The topological polar surface area (TPSA) is 88.7 Å². The van der Waals surface area contributed by atoms with Crippen LogP contribution in [0.4, 0.5) is 0 Å². The van der Waals surface area contributed by atoms with Crippen LogP contribution in [-0.4, -0.2) is 35.0 Å². The van der Waals surface area contributed by atoms with Gasteiger partial charge in [-0.3, -0.25) is 4.79 Å². The van der Waals surface area contributed by atoms with Gasteiger partial charge in [0.25, 0.3) is 5.78 Å². The smallest absolute Gasteiger partial charge is 0.324 e. The molecule has 0 spiro atoms. The fraction of sp³-hybridized carbons (Fsp3) is 0.750. The van der Waals surface area contributed by atoms with Gasteiger partial charge in [0.05, 0.1) is 18.2 Å². The highest BCUT2D eigenvalue weighted by Gasteiger charge is 2.18. The van der Waals surface area contributed by atoms with Gasteiger partial charge in [0, 0.05) is 0 Å². The molecule has 0 aromatic carbocycles. The number of ether oxygens (including phenoxy) is 1. The largest absolute Gasteiger partial charge is 0.374 e. The van der Waals surface area contributed by atoms with Crippen LogP contribution in [0.5, 0.6) is 0 Å². The normalized spacial score (nSPS) is 13.2. The van der Waals surface area contributed by atoms with Crippen LogP contribution in [0.3, 0.4) is 0 Å². The fourth-order valence-electron chi connectivity index (χ4n) is 0.575.